The average molecular weight is 188 g/mol. The summed E-state index contributed by atoms with van der Waals surface area (Å²) in [7, 11) is 0. The summed E-state index contributed by atoms with van der Waals surface area (Å²) in [5, 5.41) is 8.73. The number of benzene rings is 1. The predicted octanol–water partition coefficient (Wildman–Crippen LogP) is 0.778. The van der Waals surface area contributed by atoms with Crippen LogP contribution in [0.5, 0.6) is 0 Å². The molecule has 0 spiro atoms. The summed E-state index contributed by atoms with van der Waals surface area (Å²) in [6.45, 7) is 1.62. The Labute approximate surface area is 80.9 Å². The first-order valence-corrected chi connectivity index (χ1v) is 3.90. The molecule has 14 heavy (non-hydrogen) atoms. The van der Waals surface area contributed by atoms with E-state index >= 15 is 0 Å². The Morgan fingerprint density at radius 1 is 1.57 bits per heavy atom. The van der Waals surface area contributed by atoms with Gasteiger partial charge >= 0.3 is 0 Å². The number of nitriles is 1. The van der Waals surface area contributed by atoms with E-state index in [9.17, 15) is 9.59 Å². The molecule has 0 fully saturated rings. The molecule has 4 nitrogen and oxygen atoms in total. The summed E-state index contributed by atoms with van der Waals surface area (Å²) in [6, 6.07) is 4.70. The molecule has 4 heteroatoms. The molecule has 0 aliphatic rings. The van der Waals surface area contributed by atoms with Crippen molar-refractivity contribution in [3.8, 4) is 6.07 Å². The third-order valence-corrected chi connectivity index (χ3v) is 1.95. The number of nitrogens with two attached hydrogens (primary N) is 1. The number of aldehydes is 1. The van der Waals surface area contributed by atoms with E-state index in [1.807, 2.05) is 6.07 Å². The fourth-order valence-electron chi connectivity index (χ4n) is 1.18. The van der Waals surface area contributed by atoms with Gasteiger partial charge in [0.1, 0.15) is 6.29 Å². The molecule has 2 N–H and O–H groups in total. The molecule has 0 aromatic heterocycles. The van der Waals surface area contributed by atoms with Gasteiger partial charge in [-0.25, -0.2) is 0 Å². The molecule has 0 atom stereocenters. The third kappa shape index (κ3) is 1.62. The highest BCUT2D eigenvalue weighted by Gasteiger charge is 2.10. The van der Waals surface area contributed by atoms with Crippen LogP contribution in [-0.4, -0.2) is 12.2 Å². The van der Waals surface area contributed by atoms with E-state index in [0.29, 0.717) is 17.4 Å². The largest absolute Gasteiger partial charge is 0.366 e. The summed E-state index contributed by atoms with van der Waals surface area (Å²) in [4.78, 5) is 21.5. The fraction of sp³-hybridized carbons (Fsp3) is 0.100. The molecule has 0 heterocycles. The van der Waals surface area contributed by atoms with Crippen LogP contribution in [0.1, 0.15) is 31.8 Å². The summed E-state index contributed by atoms with van der Waals surface area (Å²) < 4.78 is 0. The Bertz CT molecular complexity index is 444. The second kappa shape index (κ2) is 3.71. The zero-order valence-electron chi connectivity index (χ0n) is 7.57. The molecule has 70 valence electrons. The van der Waals surface area contributed by atoms with Crippen molar-refractivity contribution < 1.29 is 9.59 Å². The van der Waals surface area contributed by atoms with Gasteiger partial charge in [0.05, 0.1) is 11.6 Å². The number of hydrogen-bond acceptors (Lipinski definition) is 3. The van der Waals surface area contributed by atoms with E-state index in [2.05, 4.69) is 0 Å². The molecule has 0 unspecified atom stereocenters. The number of carbonyl (C=O) groups is 2. The Morgan fingerprint density at radius 2 is 2.21 bits per heavy atom. The molecule has 1 aromatic carbocycles. The van der Waals surface area contributed by atoms with Crippen LogP contribution in [0.4, 0.5) is 0 Å². The van der Waals surface area contributed by atoms with Gasteiger partial charge in [0.25, 0.3) is 0 Å². The van der Waals surface area contributed by atoms with Crippen molar-refractivity contribution in [2.45, 2.75) is 6.92 Å². The van der Waals surface area contributed by atoms with Crippen molar-refractivity contribution in [3.05, 3.63) is 34.4 Å². The minimum atomic E-state index is -0.636. The van der Waals surface area contributed by atoms with Crippen LogP contribution >= 0.6 is 0 Å². The van der Waals surface area contributed by atoms with Crippen molar-refractivity contribution >= 4 is 12.2 Å². The lowest BCUT2D eigenvalue weighted by Crippen LogP contribution is -2.14. The predicted molar refractivity (Wildman–Crippen MR) is 49.8 cm³/mol. The number of carbonyl (C=O) groups excluding carboxylic acids is 2. The maximum Gasteiger partial charge on any atom is 0.249 e. The fourth-order valence-corrected chi connectivity index (χ4v) is 1.18. The highest BCUT2D eigenvalue weighted by atomic mass is 16.1. The Morgan fingerprint density at radius 3 is 2.64 bits per heavy atom. The quantitative estimate of drug-likeness (QED) is 0.696. The average Bonchev–Trinajstić information content (AvgIpc) is 2.17. The van der Waals surface area contributed by atoms with Gasteiger partial charge in [-0.15, -0.1) is 0 Å². The number of primary amides is 1. The lowest BCUT2D eigenvalue weighted by Gasteiger charge is -2.04. The Balaban J connectivity index is 3.51. The molecule has 0 aliphatic heterocycles. The van der Waals surface area contributed by atoms with Crippen LogP contribution in [0, 0.1) is 18.3 Å². The second-order valence-corrected chi connectivity index (χ2v) is 2.83. The molecule has 0 aliphatic carbocycles. The molecule has 1 rings (SSSR count). The first-order chi connectivity index (χ1) is 6.60. The summed E-state index contributed by atoms with van der Waals surface area (Å²) >= 11 is 0. The zero-order chi connectivity index (χ0) is 10.7. The summed E-state index contributed by atoms with van der Waals surface area (Å²) in [6.07, 6.45) is 0.576. The topological polar surface area (TPSA) is 83.9 Å². The molecule has 0 saturated carbocycles. The summed E-state index contributed by atoms with van der Waals surface area (Å²) in [5.74, 6) is -0.636. The van der Waals surface area contributed by atoms with Gasteiger partial charge in [-0.3, -0.25) is 9.59 Å². The number of amides is 1. The highest BCUT2D eigenvalue weighted by Crippen LogP contribution is 2.14. The zero-order valence-corrected chi connectivity index (χ0v) is 7.57. The van der Waals surface area contributed by atoms with Gasteiger partial charge < -0.3 is 5.73 Å². The number of rotatable bonds is 2. The smallest absolute Gasteiger partial charge is 0.249 e. The van der Waals surface area contributed by atoms with E-state index in [1.165, 1.54) is 12.1 Å². The SMILES string of the molecule is Cc1c(C#N)cc(C=O)cc1C(N)=O. The van der Waals surface area contributed by atoms with E-state index in [1.54, 1.807) is 6.92 Å². The molecular formula is C10H8N2O2. The van der Waals surface area contributed by atoms with Crippen LogP contribution in [-0.2, 0) is 0 Å². The van der Waals surface area contributed by atoms with E-state index in [4.69, 9.17) is 11.0 Å². The van der Waals surface area contributed by atoms with Crippen molar-refractivity contribution in [1.29, 1.82) is 5.26 Å². The van der Waals surface area contributed by atoms with Crippen LogP contribution in [0.3, 0.4) is 0 Å². The molecule has 0 bridgehead atoms. The first-order valence-electron chi connectivity index (χ1n) is 3.90. The van der Waals surface area contributed by atoms with Crippen molar-refractivity contribution in [3.63, 3.8) is 0 Å². The third-order valence-electron chi connectivity index (χ3n) is 1.95. The van der Waals surface area contributed by atoms with Crippen LogP contribution < -0.4 is 5.73 Å². The highest BCUT2D eigenvalue weighted by molar-refractivity contribution is 5.96. The van der Waals surface area contributed by atoms with Gasteiger partial charge in [-0.05, 0) is 24.6 Å². The van der Waals surface area contributed by atoms with Crippen LogP contribution in [0.2, 0.25) is 0 Å². The minimum absolute atomic E-state index is 0.214. The van der Waals surface area contributed by atoms with Crippen LogP contribution in [0.25, 0.3) is 0 Å². The Kier molecular flexibility index (Phi) is 2.63. The standard InChI is InChI=1S/C10H8N2O2/c1-6-8(4-11)2-7(5-13)3-9(6)10(12)14/h2-3,5H,1H3,(H2,12,14). The lowest BCUT2D eigenvalue weighted by atomic mass is 9.99. The van der Waals surface area contributed by atoms with Crippen molar-refractivity contribution in [2.24, 2.45) is 5.73 Å². The minimum Gasteiger partial charge on any atom is -0.366 e. The second-order valence-electron chi connectivity index (χ2n) is 2.83. The van der Waals surface area contributed by atoms with Crippen molar-refractivity contribution in [1.82, 2.24) is 0 Å². The molecule has 0 radical (unpaired) electrons. The molecular weight excluding hydrogens is 180 g/mol. The molecule has 0 saturated heterocycles. The Hall–Kier alpha value is -2.15. The molecule has 1 aromatic rings. The van der Waals surface area contributed by atoms with Crippen LogP contribution in [0.15, 0.2) is 12.1 Å². The maximum absolute atomic E-state index is 11.0. The van der Waals surface area contributed by atoms with E-state index in [-0.39, 0.29) is 11.1 Å². The monoisotopic (exact) mass is 188 g/mol. The van der Waals surface area contributed by atoms with Gasteiger partial charge in [0.2, 0.25) is 5.91 Å². The number of nitrogens with zero attached hydrogens (tertiary/aromatic N) is 1. The molecule has 1 amide bonds. The van der Waals surface area contributed by atoms with E-state index < -0.39 is 5.91 Å². The lowest BCUT2D eigenvalue weighted by molar-refractivity contribution is 0.0999. The number of hydrogen-bond donors (Lipinski definition) is 1. The van der Waals surface area contributed by atoms with Gasteiger partial charge in [0.15, 0.2) is 0 Å². The summed E-state index contributed by atoms with van der Waals surface area (Å²) in [5.41, 5.74) is 6.39. The normalized spacial score (nSPS) is 9.14. The van der Waals surface area contributed by atoms with Gasteiger partial charge in [-0.2, -0.15) is 5.26 Å². The van der Waals surface area contributed by atoms with Gasteiger partial charge in [0, 0.05) is 11.1 Å². The first kappa shape index (κ1) is 9.93. The maximum atomic E-state index is 11.0. The van der Waals surface area contributed by atoms with Gasteiger partial charge in [-0.1, -0.05) is 0 Å². The van der Waals surface area contributed by atoms with E-state index in [0.717, 1.165) is 0 Å². The van der Waals surface area contributed by atoms with Crippen molar-refractivity contribution in [2.75, 3.05) is 0 Å².